The molecule has 4 heterocycles. The van der Waals surface area contributed by atoms with Gasteiger partial charge in [-0.1, -0.05) is 25.5 Å². The van der Waals surface area contributed by atoms with Crippen LogP contribution >= 0.6 is 0 Å². The van der Waals surface area contributed by atoms with Gasteiger partial charge in [-0.15, -0.1) is 10.2 Å². The molecule has 206 valence electrons. The number of nitrogens with one attached hydrogen (secondary N) is 1. The van der Waals surface area contributed by atoms with E-state index in [1.54, 1.807) is 17.1 Å². The van der Waals surface area contributed by atoms with Gasteiger partial charge in [-0.3, -0.25) is 19.3 Å². The molecule has 10 heteroatoms. The number of hydrogen-bond donors (Lipinski definition) is 1. The number of nitrogens with zero attached hydrogens (tertiary/aromatic N) is 6. The number of halogens is 3. The Hall–Kier alpha value is -3.40. The predicted octanol–water partition coefficient (Wildman–Crippen LogP) is 5.62. The van der Waals surface area contributed by atoms with Gasteiger partial charge < -0.3 is 4.57 Å². The summed E-state index contributed by atoms with van der Waals surface area (Å²) in [6.45, 7) is 5.88. The molecule has 0 amide bonds. The van der Waals surface area contributed by atoms with Crippen LogP contribution in [0.25, 0.3) is 11.2 Å². The van der Waals surface area contributed by atoms with Gasteiger partial charge in [-0.2, -0.15) is 13.2 Å². The van der Waals surface area contributed by atoms with E-state index in [4.69, 9.17) is 5.41 Å². The SMILES string of the molecule is C[C@H]1CCCN([C@H](C)c2cc(C(F)(F)F)c3cn(-c4cccc(C5(c6nncn6C)CCC5)c4)c(=N)n3c2)C1. The third-order valence-corrected chi connectivity index (χ3v) is 8.88. The van der Waals surface area contributed by atoms with E-state index < -0.39 is 11.7 Å². The van der Waals surface area contributed by atoms with E-state index in [0.717, 1.165) is 56.6 Å². The second-order valence-corrected chi connectivity index (χ2v) is 11.4. The smallest absolute Gasteiger partial charge is 0.320 e. The van der Waals surface area contributed by atoms with E-state index in [1.807, 2.05) is 42.8 Å². The molecule has 1 N–H and O–H groups in total. The molecule has 0 bridgehead atoms. The Kier molecular flexibility index (Phi) is 6.21. The Balaban J connectivity index is 1.46. The van der Waals surface area contributed by atoms with Crippen LogP contribution in [-0.2, 0) is 18.6 Å². The number of piperidine rings is 1. The predicted molar refractivity (Wildman–Crippen MR) is 142 cm³/mol. The number of pyridine rings is 1. The van der Waals surface area contributed by atoms with Crippen LogP contribution in [0, 0.1) is 11.3 Å². The highest BCUT2D eigenvalue weighted by atomic mass is 19.4. The zero-order valence-electron chi connectivity index (χ0n) is 22.5. The van der Waals surface area contributed by atoms with Crippen molar-refractivity contribution < 1.29 is 13.2 Å². The average molecular weight is 538 g/mol. The van der Waals surface area contributed by atoms with Gasteiger partial charge in [-0.05, 0) is 74.4 Å². The van der Waals surface area contributed by atoms with Crippen molar-refractivity contribution in [2.24, 2.45) is 13.0 Å². The summed E-state index contributed by atoms with van der Waals surface area (Å²) in [7, 11) is 1.93. The number of aromatic nitrogens is 5. The van der Waals surface area contributed by atoms with Crippen molar-refractivity contribution in [3.63, 3.8) is 0 Å². The molecule has 7 nitrogen and oxygen atoms in total. The number of rotatable bonds is 5. The molecule has 2 fully saturated rings. The van der Waals surface area contributed by atoms with E-state index in [-0.39, 0.29) is 22.6 Å². The molecule has 3 aromatic heterocycles. The minimum Gasteiger partial charge on any atom is -0.320 e. The molecule has 0 unspecified atom stereocenters. The molecule has 0 radical (unpaired) electrons. The minimum atomic E-state index is -4.54. The first kappa shape index (κ1) is 25.9. The minimum absolute atomic E-state index is 0.0185. The number of aryl methyl sites for hydroxylation is 1. The van der Waals surface area contributed by atoms with Gasteiger partial charge in [0.1, 0.15) is 12.2 Å². The van der Waals surface area contributed by atoms with E-state index in [2.05, 4.69) is 22.0 Å². The van der Waals surface area contributed by atoms with Crippen LogP contribution in [0.5, 0.6) is 0 Å². The summed E-state index contributed by atoms with van der Waals surface area (Å²) in [5, 5.41) is 17.4. The molecule has 1 aliphatic carbocycles. The molecule has 2 aliphatic rings. The van der Waals surface area contributed by atoms with Crippen molar-refractivity contribution >= 4 is 5.52 Å². The Bertz CT molecular complexity index is 1570. The van der Waals surface area contributed by atoms with Crippen LogP contribution < -0.4 is 5.62 Å². The Labute approximate surface area is 225 Å². The molecule has 6 rings (SSSR count). The number of likely N-dealkylation sites (tertiary alicyclic amines) is 1. The lowest BCUT2D eigenvalue weighted by molar-refractivity contribution is -0.136. The first-order valence-electron chi connectivity index (χ1n) is 13.7. The highest BCUT2D eigenvalue weighted by Crippen LogP contribution is 2.48. The fourth-order valence-corrected chi connectivity index (χ4v) is 6.52. The standard InChI is InChI=1S/C29H34F3N7/c1-19-7-5-12-37(15-19)20(2)21-13-24(29(30,31)32)25-17-38(27(33)39(25)16-21)23-9-4-8-22(14-23)28(10-6-11-28)26-35-34-18-36(26)3/h4,8-9,13-14,16-20,33H,5-7,10-12,15H2,1-3H3/t19-,20+/m0/s1. The van der Waals surface area contributed by atoms with Crippen LogP contribution in [-0.4, -0.2) is 41.7 Å². The fraction of sp³-hybridized carbons (Fsp3) is 0.483. The number of hydrogen-bond acceptors (Lipinski definition) is 4. The van der Waals surface area contributed by atoms with Gasteiger partial charge in [0, 0.05) is 37.7 Å². The monoisotopic (exact) mass is 537 g/mol. The lowest BCUT2D eigenvalue weighted by Gasteiger charge is -2.41. The van der Waals surface area contributed by atoms with Gasteiger partial charge in [0.05, 0.1) is 16.5 Å². The van der Waals surface area contributed by atoms with Gasteiger partial charge in [-0.25, -0.2) is 0 Å². The summed E-state index contributed by atoms with van der Waals surface area (Å²) >= 11 is 0. The highest BCUT2D eigenvalue weighted by Gasteiger charge is 2.44. The topological polar surface area (TPSA) is 67.1 Å². The van der Waals surface area contributed by atoms with Crippen molar-refractivity contribution in [2.75, 3.05) is 13.1 Å². The van der Waals surface area contributed by atoms with Crippen molar-refractivity contribution in [3.05, 3.63) is 77.2 Å². The first-order chi connectivity index (χ1) is 18.6. The molecule has 0 spiro atoms. The molecule has 2 atom stereocenters. The normalized spacial score (nSPS) is 20.7. The number of benzene rings is 1. The average Bonchev–Trinajstić information content (AvgIpc) is 3.45. The number of alkyl halides is 3. The van der Waals surface area contributed by atoms with Crippen LogP contribution in [0.1, 0.15) is 74.5 Å². The fourth-order valence-electron chi connectivity index (χ4n) is 6.52. The summed E-state index contributed by atoms with van der Waals surface area (Å²) in [5.41, 5.74) is 1.23. The number of fused-ring (bicyclic) bond motifs is 1. The number of imidazole rings is 1. The summed E-state index contributed by atoms with van der Waals surface area (Å²) in [6, 6.07) is 8.87. The molecular formula is C29H34F3N7. The first-order valence-corrected chi connectivity index (χ1v) is 13.7. The van der Waals surface area contributed by atoms with Crippen molar-refractivity contribution in [3.8, 4) is 5.69 Å². The van der Waals surface area contributed by atoms with Crippen molar-refractivity contribution in [1.82, 2.24) is 28.6 Å². The molecule has 1 aliphatic heterocycles. The lowest BCUT2D eigenvalue weighted by Crippen LogP contribution is -2.38. The highest BCUT2D eigenvalue weighted by molar-refractivity contribution is 5.58. The molecule has 1 saturated carbocycles. The van der Waals surface area contributed by atoms with Crippen LogP contribution in [0.4, 0.5) is 13.2 Å². The third kappa shape index (κ3) is 4.29. The lowest BCUT2D eigenvalue weighted by atomic mass is 9.63. The molecular weight excluding hydrogens is 503 g/mol. The quantitative estimate of drug-likeness (QED) is 0.359. The molecule has 39 heavy (non-hydrogen) atoms. The Morgan fingerprint density at radius 3 is 2.56 bits per heavy atom. The summed E-state index contributed by atoms with van der Waals surface area (Å²) < 4.78 is 48.0. The van der Waals surface area contributed by atoms with Crippen molar-refractivity contribution in [1.29, 1.82) is 5.41 Å². The molecule has 1 aromatic carbocycles. The van der Waals surface area contributed by atoms with Gasteiger partial charge >= 0.3 is 6.18 Å². The van der Waals surface area contributed by atoms with Gasteiger partial charge in [0.2, 0.25) is 5.62 Å². The van der Waals surface area contributed by atoms with Crippen LogP contribution in [0.3, 0.4) is 0 Å². The van der Waals surface area contributed by atoms with Gasteiger partial charge in [0.15, 0.2) is 0 Å². The van der Waals surface area contributed by atoms with Crippen LogP contribution in [0.15, 0.2) is 49.1 Å². The maximum atomic E-state index is 14.4. The maximum absolute atomic E-state index is 14.4. The third-order valence-electron chi connectivity index (χ3n) is 8.88. The Morgan fingerprint density at radius 1 is 1.13 bits per heavy atom. The summed E-state index contributed by atoms with van der Waals surface area (Å²) in [5.74, 6) is 1.40. The van der Waals surface area contributed by atoms with E-state index in [0.29, 0.717) is 17.2 Å². The van der Waals surface area contributed by atoms with Gasteiger partial charge in [0.25, 0.3) is 0 Å². The van der Waals surface area contributed by atoms with E-state index >= 15 is 0 Å². The largest absolute Gasteiger partial charge is 0.418 e. The Morgan fingerprint density at radius 2 is 1.92 bits per heavy atom. The maximum Gasteiger partial charge on any atom is 0.418 e. The van der Waals surface area contributed by atoms with E-state index in [1.165, 1.54) is 16.7 Å². The summed E-state index contributed by atoms with van der Waals surface area (Å²) in [4.78, 5) is 2.25. The second kappa shape index (κ2) is 9.36. The molecule has 1 saturated heterocycles. The van der Waals surface area contributed by atoms with Crippen LogP contribution in [0.2, 0.25) is 0 Å². The van der Waals surface area contributed by atoms with E-state index in [9.17, 15) is 13.2 Å². The summed E-state index contributed by atoms with van der Waals surface area (Å²) in [6.07, 6.45) is 5.40. The molecule has 4 aromatic rings. The zero-order valence-corrected chi connectivity index (χ0v) is 22.5. The van der Waals surface area contributed by atoms with Crippen molar-refractivity contribution in [2.45, 2.75) is 63.6 Å². The second-order valence-electron chi connectivity index (χ2n) is 11.4. The zero-order chi connectivity index (χ0) is 27.5.